The molecule has 0 saturated carbocycles. The van der Waals surface area contributed by atoms with Crippen molar-refractivity contribution in [2.75, 3.05) is 0 Å². The van der Waals surface area contributed by atoms with Gasteiger partial charge in [0.2, 0.25) is 10.0 Å². The molecule has 0 aliphatic carbocycles. The average molecular weight is 344 g/mol. The van der Waals surface area contributed by atoms with Crippen molar-refractivity contribution in [3.05, 3.63) is 71.2 Å². The predicted molar refractivity (Wildman–Crippen MR) is 92.8 cm³/mol. The Bertz CT molecular complexity index is 904. The molecule has 2 heterocycles. The average Bonchev–Trinajstić information content (AvgIpc) is 3.08. The number of aryl methyl sites for hydroxylation is 1. The first-order valence-corrected chi connectivity index (χ1v) is 9.47. The highest BCUT2D eigenvalue weighted by Gasteiger charge is 2.15. The van der Waals surface area contributed by atoms with Crippen LogP contribution >= 0.6 is 11.3 Å². The maximum atomic E-state index is 12.4. The van der Waals surface area contributed by atoms with Gasteiger partial charge in [0.15, 0.2) is 0 Å². The van der Waals surface area contributed by atoms with Gasteiger partial charge in [-0.05, 0) is 47.7 Å². The largest absolute Gasteiger partial charge is 0.255 e. The summed E-state index contributed by atoms with van der Waals surface area (Å²) in [5.74, 6) is 0. The number of nitrogens with zero attached hydrogens (tertiary/aromatic N) is 1. The zero-order chi connectivity index (χ0) is 16.3. The van der Waals surface area contributed by atoms with Crippen LogP contribution in [0.2, 0.25) is 0 Å². The van der Waals surface area contributed by atoms with Gasteiger partial charge in [0.1, 0.15) is 0 Å². The van der Waals surface area contributed by atoms with Crippen LogP contribution in [0.4, 0.5) is 0 Å². The number of benzene rings is 1. The van der Waals surface area contributed by atoms with E-state index in [0.717, 1.165) is 21.7 Å². The van der Waals surface area contributed by atoms with Crippen LogP contribution in [-0.4, -0.2) is 13.4 Å². The fraction of sp³-hybridized carbons (Fsp3) is 0.118. The summed E-state index contributed by atoms with van der Waals surface area (Å²) in [4.78, 5) is 5.68. The smallest absolute Gasteiger partial charge is 0.240 e. The molecule has 0 bridgehead atoms. The third-order valence-electron chi connectivity index (χ3n) is 3.40. The quantitative estimate of drug-likeness (QED) is 0.769. The van der Waals surface area contributed by atoms with Gasteiger partial charge in [0.05, 0.1) is 15.5 Å². The van der Waals surface area contributed by atoms with Crippen molar-refractivity contribution < 1.29 is 8.42 Å². The Morgan fingerprint density at radius 3 is 2.74 bits per heavy atom. The van der Waals surface area contributed by atoms with Gasteiger partial charge in [0, 0.05) is 12.7 Å². The standard InChI is InChI=1S/C17H16N2O2S2/c1-13-5-2-7-15(11-13)23(20,21)19-12-14-6-3-9-18-17(14)16-8-4-10-22-16/h2-11,19H,12H2,1H3. The number of rotatable bonds is 5. The van der Waals surface area contributed by atoms with Gasteiger partial charge < -0.3 is 0 Å². The molecule has 0 amide bonds. The van der Waals surface area contributed by atoms with Crippen LogP contribution in [0, 0.1) is 6.92 Å². The molecule has 0 aliphatic rings. The van der Waals surface area contributed by atoms with E-state index >= 15 is 0 Å². The van der Waals surface area contributed by atoms with Gasteiger partial charge in [-0.2, -0.15) is 0 Å². The monoisotopic (exact) mass is 344 g/mol. The molecule has 0 aliphatic heterocycles. The van der Waals surface area contributed by atoms with Gasteiger partial charge >= 0.3 is 0 Å². The Morgan fingerprint density at radius 1 is 1.13 bits per heavy atom. The molecule has 118 valence electrons. The highest BCUT2D eigenvalue weighted by atomic mass is 32.2. The maximum Gasteiger partial charge on any atom is 0.240 e. The highest BCUT2D eigenvalue weighted by Crippen LogP contribution is 2.26. The fourth-order valence-corrected chi connectivity index (χ4v) is 4.12. The molecule has 1 aromatic carbocycles. The van der Waals surface area contributed by atoms with E-state index in [1.807, 2.05) is 42.6 Å². The third kappa shape index (κ3) is 3.67. The molecule has 3 aromatic rings. The number of pyridine rings is 1. The van der Waals surface area contributed by atoms with E-state index < -0.39 is 10.0 Å². The molecule has 0 unspecified atom stereocenters. The summed E-state index contributed by atoms with van der Waals surface area (Å²) in [7, 11) is -3.54. The first-order valence-electron chi connectivity index (χ1n) is 7.10. The number of hydrogen-bond acceptors (Lipinski definition) is 4. The van der Waals surface area contributed by atoms with Crippen LogP contribution in [0.5, 0.6) is 0 Å². The summed E-state index contributed by atoms with van der Waals surface area (Å²) in [6.07, 6.45) is 1.72. The predicted octanol–water partition coefficient (Wildman–Crippen LogP) is 3.60. The zero-order valence-electron chi connectivity index (χ0n) is 12.6. The van der Waals surface area contributed by atoms with Gasteiger partial charge in [-0.3, -0.25) is 4.98 Å². The Kier molecular flexibility index (Phi) is 4.56. The summed E-state index contributed by atoms with van der Waals surface area (Å²) in [6.45, 7) is 2.08. The minimum atomic E-state index is -3.54. The molecule has 23 heavy (non-hydrogen) atoms. The van der Waals surface area contributed by atoms with E-state index in [1.54, 1.807) is 35.7 Å². The molecule has 4 nitrogen and oxygen atoms in total. The number of aromatic nitrogens is 1. The van der Waals surface area contributed by atoms with Crippen LogP contribution in [0.25, 0.3) is 10.6 Å². The molecule has 2 aromatic heterocycles. The third-order valence-corrected chi connectivity index (χ3v) is 5.67. The second-order valence-corrected chi connectivity index (χ2v) is 7.84. The fourth-order valence-electron chi connectivity index (χ4n) is 2.26. The minimum Gasteiger partial charge on any atom is -0.255 e. The van der Waals surface area contributed by atoms with Crippen LogP contribution in [0.1, 0.15) is 11.1 Å². The van der Waals surface area contributed by atoms with Crippen molar-refractivity contribution in [2.24, 2.45) is 0 Å². The van der Waals surface area contributed by atoms with Gasteiger partial charge in [-0.25, -0.2) is 13.1 Å². The van der Waals surface area contributed by atoms with E-state index in [-0.39, 0.29) is 11.4 Å². The summed E-state index contributed by atoms with van der Waals surface area (Å²) in [5.41, 5.74) is 2.58. The van der Waals surface area contributed by atoms with Gasteiger partial charge in [-0.1, -0.05) is 24.3 Å². The van der Waals surface area contributed by atoms with Crippen molar-refractivity contribution in [3.8, 4) is 10.6 Å². The van der Waals surface area contributed by atoms with Crippen molar-refractivity contribution in [2.45, 2.75) is 18.4 Å². The summed E-state index contributed by atoms with van der Waals surface area (Å²) in [5, 5.41) is 1.98. The topological polar surface area (TPSA) is 59.1 Å². The lowest BCUT2D eigenvalue weighted by molar-refractivity contribution is 0.581. The molecule has 0 saturated heterocycles. The van der Waals surface area contributed by atoms with E-state index in [1.165, 1.54) is 0 Å². The van der Waals surface area contributed by atoms with Crippen LogP contribution < -0.4 is 4.72 Å². The van der Waals surface area contributed by atoms with Crippen LogP contribution in [0.15, 0.2) is 65.0 Å². The normalized spacial score (nSPS) is 11.5. The second kappa shape index (κ2) is 6.62. The molecule has 0 atom stereocenters. The minimum absolute atomic E-state index is 0.206. The Labute approximate surface area is 139 Å². The molecular weight excluding hydrogens is 328 g/mol. The first kappa shape index (κ1) is 15.9. The molecule has 0 spiro atoms. The van der Waals surface area contributed by atoms with Crippen molar-refractivity contribution >= 4 is 21.4 Å². The lowest BCUT2D eigenvalue weighted by Crippen LogP contribution is -2.23. The SMILES string of the molecule is Cc1cccc(S(=O)(=O)NCc2cccnc2-c2cccs2)c1. The number of nitrogens with one attached hydrogen (secondary N) is 1. The molecule has 0 radical (unpaired) electrons. The Hall–Kier alpha value is -2.02. The van der Waals surface area contributed by atoms with Crippen molar-refractivity contribution in [3.63, 3.8) is 0 Å². The van der Waals surface area contributed by atoms with E-state index in [0.29, 0.717) is 0 Å². The molecule has 0 fully saturated rings. The van der Waals surface area contributed by atoms with Crippen molar-refractivity contribution in [1.29, 1.82) is 0 Å². The van der Waals surface area contributed by atoms with Crippen LogP contribution in [0.3, 0.4) is 0 Å². The Morgan fingerprint density at radius 2 is 2.00 bits per heavy atom. The lowest BCUT2D eigenvalue weighted by atomic mass is 10.2. The summed E-state index contributed by atoms with van der Waals surface area (Å²) in [6, 6.07) is 14.5. The zero-order valence-corrected chi connectivity index (χ0v) is 14.2. The van der Waals surface area contributed by atoms with E-state index in [9.17, 15) is 8.42 Å². The molecule has 6 heteroatoms. The van der Waals surface area contributed by atoms with Crippen molar-refractivity contribution in [1.82, 2.24) is 9.71 Å². The highest BCUT2D eigenvalue weighted by molar-refractivity contribution is 7.89. The number of sulfonamides is 1. The van der Waals surface area contributed by atoms with E-state index in [4.69, 9.17) is 0 Å². The van der Waals surface area contributed by atoms with Gasteiger partial charge in [0.25, 0.3) is 0 Å². The number of thiophene rings is 1. The van der Waals surface area contributed by atoms with Crippen LogP contribution in [-0.2, 0) is 16.6 Å². The second-order valence-electron chi connectivity index (χ2n) is 5.13. The molecular formula is C17H16N2O2S2. The van der Waals surface area contributed by atoms with E-state index in [2.05, 4.69) is 9.71 Å². The summed E-state index contributed by atoms with van der Waals surface area (Å²) >= 11 is 1.58. The van der Waals surface area contributed by atoms with Gasteiger partial charge in [-0.15, -0.1) is 11.3 Å². The Balaban J connectivity index is 1.84. The molecule has 1 N–H and O–H groups in total. The molecule has 3 rings (SSSR count). The number of hydrogen-bond donors (Lipinski definition) is 1. The first-order chi connectivity index (χ1) is 11.1. The maximum absolute atomic E-state index is 12.4. The lowest BCUT2D eigenvalue weighted by Gasteiger charge is -2.10. The summed E-state index contributed by atoms with van der Waals surface area (Å²) < 4.78 is 27.5.